The molecule has 5 rings (SSSR count). The molecule has 1 aliphatic heterocycles. The van der Waals surface area contributed by atoms with Crippen LogP contribution in [-0.4, -0.2) is 35.4 Å². The smallest absolute Gasteiger partial charge is 0.310 e. The molecule has 4 saturated carbocycles. The first-order chi connectivity index (χ1) is 15.8. The van der Waals surface area contributed by atoms with Gasteiger partial charge in [0.1, 0.15) is 12.2 Å². The van der Waals surface area contributed by atoms with E-state index in [0.29, 0.717) is 23.7 Å². The fourth-order valence-corrected chi connectivity index (χ4v) is 11.0. The largest absolute Gasteiger partial charge is 0.462 e. The Morgan fingerprint density at radius 3 is 2.38 bits per heavy atom. The zero-order valence-corrected chi connectivity index (χ0v) is 22.4. The first-order valence-electron chi connectivity index (χ1n) is 13.9. The molecule has 0 aromatic rings. The third-order valence-corrected chi connectivity index (χ3v) is 12.5. The molecule has 1 saturated heterocycles. The van der Waals surface area contributed by atoms with Gasteiger partial charge in [0.05, 0.1) is 12.0 Å². The van der Waals surface area contributed by atoms with Crippen LogP contribution < -0.4 is 0 Å². The quantitative estimate of drug-likeness (QED) is 0.533. The van der Waals surface area contributed by atoms with Crippen molar-refractivity contribution in [2.24, 2.45) is 51.2 Å². The first kappa shape index (κ1) is 24.6. The van der Waals surface area contributed by atoms with Gasteiger partial charge in [-0.15, -0.1) is 0 Å². The van der Waals surface area contributed by atoms with Crippen molar-refractivity contribution in [3.8, 4) is 0 Å². The van der Waals surface area contributed by atoms with E-state index in [4.69, 9.17) is 9.47 Å². The van der Waals surface area contributed by atoms with Gasteiger partial charge in [-0.1, -0.05) is 47.5 Å². The minimum absolute atomic E-state index is 0.000693. The first-order valence-corrected chi connectivity index (χ1v) is 13.9. The van der Waals surface area contributed by atoms with E-state index in [2.05, 4.69) is 34.6 Å². The molecule has 1 N–H and O–H groups in total. The van der Waals surface area contributed by atoms with Crippen LogP contribution in [0.25, 0.3) is 0 Å². The lowest BCUT2D eigenvalue weighted by Crippen LogP contribution is -2.69. The monoisotopic (exact) mass is 474 g/mol. The Labute approximate surface area is 205 Å². The van der Waals surface area contributed by atoms with E-state index in [0.717, 1.165) is 12.8 Å². The number of carbonyl (C=O) groups excluding carboxylic acids is 2. The van der Waals surface area contributed by atoms with Gasteiger partial charge in [-0.3, -0.25) is 9.59 Å². The number of aliphatic hydroxyl groups is 1. The molecule has 5 fully saturated rings. The average molecular weight is 475 g/mol. The molecule has 0 aromatic heterocycles. The fourth-order valence-electron chi connectivity index (χ4n) is 11.0. The highest BCUT2D eigenvalue weighted by atomic mass is 16.6. The van der Waals surface area contributed by atoms with Gasteiger partial charge in [-0.25, -0.2) is 0 Å². The lowest BCUT2D eigenvalue weighted by atomic mass is 9.33. The molecular weight excluding hydrogens is 428 g/mol. The third-order valence-electron chi connectivity index (χ3n) is 12.5. The van der Waals surface area contributed by atoms with Crippen molar-refractivity contribution in [1.29, 1.82) is 0 Å². The minimum atomic E-state index is -0.559. The van der Waals surface area contributed by atoms with Crippen molar-refractivity contribution in [3.05, 3.63) is 0 Å². The maximum atomic E-state index is 13.3. The summed E-state index contributed by atoms with van der Waals surface area (Å²) >= 11 is 0. The summed E-state index contributed by atoms with van der Waals surface area (Å²) in [6, 6.07) is 0. The Morgan fingerprint density at radius 1 is 1.06 bits per heavy atom. The van der Waals surface area contributed by atoms with Crippen LogP contribution in [-0.2, 0) is 19.1 Å². The second-order valence-electron chi connectivity index (χ2n) is 13.8. The molecule has 0 unspecified atom stereocenters. The number of aliphatic hydroxyl groups excluding tert-OH is 1. The lowest BCUT2D eigenvalue weighted by molar-refractivity contribution is -0.263. The van der Waals surface area contributed by atoms with Gasteiger partial charge in [0, 0.05) is 18.3 Å². The molecule has 1 heterocycles. The molecule has 5 heteroatoms. The highest BCUT2D eigenvalue weighted by molar-refractivity contribution is 5.77. The van der Waals surface area contributed by atoms with Crippen LogP contribution in [0.2, 0.25) is 0 Å². The Balaban J connectivity index is 1.63. The van der Waals surface area contributed by atoms with Crippen molar-refractivity contribution in [2.75, 3.05) is 0 Å². The molecule has 0 radical (unpaired) electrons. The van der Waals surface area contributed by atoms with Crippen LogP contribution in [0.3, 0.4) is 0 Å². The van der Waals surface area contributed by atoms with E-state index in [9.17, 15) is 14.7 Å². The number of rotatable bonds is 2. The Hall–Kier alpha value is -1.10. The summed E-state index contributed by atoms with van der Waals surface area (Å²) in [4.78, 5) is 25.7. The normalized spacial score (nSPS) is 56.4. The van der Waals surface area contributed by atoms with Crippen LogP contribution in [0.5, 0.6) is 0 Å². The highest BCUT2D eigenvalue weighted by Crippen LogP contribution is 2.74. The van der Waals surface area contributed by atoms with Crippen molar-refractivity contribution in [2.45, 2.75) is 118 Å². The second kappa shape index (κ2) is 7.70. The summed E-state index contributed by atoms with van der Waals surface area (Å²) in [5.41, 5.74) is 0.0180. The van der Waals surface area contributed by atoms with Gasteiger partial charge >= 0.3 is 11.9 Å². The number of hydrogen-bond acceptors (Lipinski definition) is 5. The van der Waals surface area contributed by atoms with Crippen molar-refractivity contribution in [3.63, 3.8) is 0 Å². The Bertz CT molecular complexity index is 871. The molecule has 0 bridgehead atoms. The number of ether oxygens (including phenoxy) is 2. The van der Waals surface area contributed by atoms with E-state index < -0.39 is 17.4 Å². The fraction of sp³-hybridized carbons (Fsp3) is 0.931. The van der Waals surface area contributed by atoms with Gasteiger partial charge in [-0.2, -0.15) is 0 Å². The highest BCUT2D eigenvalue weighted by Gasteiger charge is 2.73. The van der Waals surface area contributed by atoms with Gasteiger partial charge in [0.15, 0.2) is 0 Å². The summed E-state index contributed by atoms with van der Waals surface area (Å²) in [6.07, 6.45) is 7.60. The van der Waals surface area contributed by atoms with Gasteiger partial charge in [0.2, 0.25) is 0 Å². The zero-order valence-electron chi connectivity index (χ0n) is 22.4. The number of esters is 2. The summed E-state index contributed by atoms with van der Waals surface area (Å²) in [5, 5.41) is 11.4. The van der Waals surface area contributed by atoms with E-state index in [-0.39, 0.29) is 46.8 Å². The molecule has 0 amide bonds. The summed E-state index contributed by atoms with van der Waals surface area (Å²) in [7, 11) is 0. The molecule has 34 heavy (non-hydrogen) atoms. The number of fused-ring (bicyclic) bond motifs is 7. The van der Waals surface area contributed by atoms with Gasteiger partial charge < -0.3 is 14.6 Å². The molecular formula is C29H46O5. The van der Waals surface area contributed by atoms with Crippen LogP contribution in [0.15, 0.2) is 0 Å². The molecule has 0 spiro atoms. The topological polar surface area (TPSA) is 72.8 Å². The van der Waals surface area contributed by atoms with E-state index in [1.165, 1.54) is 39.0 Å². The van der Waals surface area contributed by atoms with Crippen LogP contribution in [0, 0.1) is 51.2 Å². The maximum absolute atomic E-state index is 13.3. The standard InChI is InChI=1S/C29H46O5/c1-8-26(4)11-9-12-27(5)19(26)10-13-28(6)20(27)15-22(34-17(3)30)29(7)21(28)14-18(31)23-16(2)33-25(32)24(23)29/h16,18-24,31H,8-15H2,1-7H3/t16-,18-,19+,20+,21-,22-,23+,24+,26-,27-,28+,29+/m0/s1. The average Bonchev–Trinajstić information content (AvgIpc) is 3.06. The molecule has 192 valence electrons. The van der Waals surface area contributed by atoms with Crippen LogP contribution in [0.4, 0.5) is 0 Å². The second-order valence-corrected chi connectivity index (χ2v) is 13.8. The summed E-state index contributed by atoms with van der Waals surface area (Å²) in [6.45, 7) is 15.4. The van der Waals surface area contributed by atoms with E-state index in [1.54, 1.807) is 0 Å². The molecule has 0 aromatic carbocycles. The van der Waals surface area contributed by atoms with Crippen molar-refractivity contribution < 1.29 is 24.2 Å². The predicted octanol–water partition coefficient (Wildman–Crippen LogP) is 5.53. The molecule has 4 aliphatic carbocycles. The number of cyclic esters (lactones) is 1. The van der Waals surface area contributed by atoms with Crippen molar-refractivity contribution in [1.82, 2.24) is 0 Å². The lowest BCUT2D eigenvalue weighted by Gasteiger charge is -2.71. The Kier molecular flexibility index (Phi) is 5.57. The summed E-state index contributed by atoms with van der Waals surface area (Å²) in [5.74, 6) is 0.0648. The molecule has 5 nitrogen and oxygen atoms in total. The third kappa shape index (κ3) is 3.00. The summed E-state index contributed by atoms with van der Waals surface area (Å²) < 4.78 is 11.9. The minimum Gasteiger partial charge on any atom is -0.462 e. The van der Waals surface area contributed by atoms with Crippen LogP contribution >= 0.6 is 0 Å². The van der Waals surface area contributed by atoms with Gasteiger partial charge in [-0.05, 0) is 79.4 Å². The Morgan fingerprint density at radius 2 is 1.74 bits per heavy atom. The number of hydrogen-bond donors (Lipinski definition) is 1. The van der Waals surface area contributed by atoms with E-state index in [1.807, 2.05) is 6.92 Å². The van der Waals surface area contributed by atoms with Gasteiger partial charge in [0.25, 0.3) is 0 Å². The SMILES string of the molecule is CC[C@@]1(C)CCC[C@]2(C)[C@H]3C[C@H](OC(C)=O)[C@]4(C)[C@H]5C(=O)O[C@@H](C)[C@@H]5[C@@H](O)C[C@H]4[C@]3(C)CC[C@H]12. The van der Waals surface area contributed by atoms with E-state index >= 15 is 0 Å². The van der Waals surface area contributed by atoms with Crippen LogP contribution in [0.1, 0.15) is 99.8 Å². The zero-order chi connectivity index (χ0) is 24.8. The van der Waals surface area contributed by atoms with Crippen molar-refractivity contribution >= 4 is 11.9 Å². The number of carbonyl (C=O) groups is 2. The molecule has 5 aliphatic rings. The maximum Gasteiger partial charge on any atom is 0.310 e. The predicted molar refractivity (Wildman–Crippen MR) is 130 cm³/mol. The molecule has 12 atom stereocenters.